The maximum absolute atomic E-state index is 11.9. The number of piperidine rings is 3. The standard InChI is InChI=1S/C20H25N3O4S/c1-3-12-11-23-7-6-13(12)8-18(23)20(24)16-10-19(28(21,25)26)22-17-5-4-14(27-2)9-15(16)17/h3-5,9-10,12-13,18,20,24H,1,6-8,11H2,2H3,(H2,21,25,26)/t12-,13-,18+,20-/m0/s1. The molecular formula is C20H25N3O4S. The van der Waals surface area contributed by atoms with Crippen molar-refractivity contribution in [3.63, 3.8) is 0 Å². The number of aliphatic hydroxyl groups is 1. The molecule has 8 heteroatoms. The summed E-state index contributed by atoms with van der Waals surface area (Å²) >= 11 is 0. The summed E-state index contributed by atoms with van der Waals surface area (Å²) in [6.07, 6.45) is 3.08. The van der Waals surface area contributed by atoms with Crippen LogP contribution in [-0.2, 0) is 10.0 Å². The molecule has 3 fully saturated rings. The van der Waals surface area contributed by atoms with Crippen molar-refractivity contribution < 1.29 is 18.3 Å². The highest BCUT2D eigenvalue weighted by Gasteiger charge is 2.42. The third kappa shape index (κ3) is 3.30. The third-order valence-corrected chi connectivity index (χ3v) is 6.95. The molecule has 3 N–H and O–H groups in total. The number of nitrogens with two attached hydrogens (primary N) is 1. The molecule has 1 unspecified atom stereocenters. The number of hydrogen-bond acceptors (Lipinski definition) is 6. The van der Waals surface area contributed by atoms with Gasteiger partial charge in [-0.1, -0.05) is 6.08 Å². The summed E-state index contributed by atoms with van der Waals surface area (Å²) in [5.41, 5.74) is 0.974. The Balaban J connectivity index is 1.81. The van der Waals surface area contributed by atoms with Crippen molar-refractivity contribution in [1.82, 2.24) is 9.88 Å². The Morgan fingerprint density at radius 1 is 1.43 bits per heavy atom. The topological polar surface area (TPSA) is 106 Å². The van der Waals surface area contributed by atoms with Crippen LogP contribution in [0.5, 0.6) is 5.75 Å². The second-order valence-corrected chi connectivity index (χ2v) is 9.18. The first kappa shape index (κ1) is 19.3. The van der Waals surface area contributed by atoms with Gasteiger partial charge in [-0.05, 0) is 61.1 Å². The molecule has 7 nitrogen and oxygen atoms in total. The van der Waals surface area contributed by atoms with Gasteiger partial charge in [0.05, 0.1) is 18.7 Å². The molecule has 0 spiro atoms. The van der Waals surface area contributed by atoms with E-state index in [1.807, 2.05) is 6.08 Å². The van der Waals surface area contributed by atoms with Crippen LogP contribution in [0, 0.1) is 11.8 Å². The van der Waals surface area contributed by atoms with E-state index in [4.69, 9.17) is 9.88 Å². The van der Waals surface area contributed by atoms with Crippen molar-refractivity contribution in [2.75, 3.05) is 20.2 Å². The molecule has 28 heavy (non-hydrogen) atoms. The molecule has 150 valence electrons. The SMILES string of the molecule is C=C[C@H]1CN2CC[C@H]1C[C@@H]2[C@@H](O)c1cc(S(N)(=O)=O)nc2ccc(OC)cc12. The Hall–Kier alpha value is -2.00. The number of methoxy groups -OCH3 is 1. The average Bonchev–Trinajstić information content (AvgIpc) is 2.71. The van der Waals surface area contributed by atoms with Crippen molar-refractivity contribution in [1.29, 1.82) is 0 Å². The molecule has 2 bridgehead atoms. The fourth-order valence-electron chi connectivity index (χ4n) is 4.64. The molecule has 3 aliphatic rings. The summed E-state index contributed by atoms with van der Waals surface area (Å²) < 4.78 is 29.2. The monoisotopic (exact) mass is 403 g/mol. The molecule has 3 saturated heterocycles. The minimum absolute atomic E-state index is 0.0833. The number of aliphatic hydroxyl groups excluding tert-OH is 1. The third-order valence-electron chi connectivity index (χ3n) is 6.15. The van der Waals surface area contributed by atoms with E-state index in [0.29, 0.717) is 34.1 Å². The molecule has 0 saturated carbocycles. The summed E-state index contributed by atoms with van der Waals surface area (Å²) in [7, 11) is -2.44. The average molecular weight is 404 g/mol. The van der Waals surface area contributed by atoms with E-state index in [1.165, 1.54) is 6.07 Å². The van der Waals surface area contributed by atoms with Crippen LogP contribution in [0.2, 0.25) is 0 Å². The van der Waals surface area contributed by atoms with Crippen LogP contribution in [0.3, 0.4) is 0 Å². The van der Waals surface area contributed by atoms with Crippen LogP contribution in [0.25, 0.3) is 10.9 Å². The van der Waals surface area contributed by atoms with Gasteiger partial charge >= 0.3 is 0 Å². The Morgan fingerprint density at radius 3 is 2.82 bits per heavy atom. The van der Waals surface area contributed by atoms with Gasteiger partial charge in [-0.15, -0.1) is 6.58 Å². The van der Waals surface area contributed by atoms with Crippen LogP contribution in [0.4, 0.5) is 0 Å². The smallest absolute Gasteiger partial charge is 0.255 e. The number of fused-ring (bicyclic) bond motifs is 4. The van der Waals surface area contributed by atoms with E-state index in [-0.39, 0.29) is 11.1 Å². The zero-order valence-corrected chi connectivity index (χ0v) is 16.6. The molecule has 1 aromatic carbocycles. The van der Waals surface area contributed by atoms with Crippen LogP contribution >= 0.6 is 0 Å². The predicted octanol–water partition coefficient (Wildman–Crippen LogP) is 1.82. The zero-order chi connectivity index (χ0) is 20.1. The zero-order valence-electron chi connectivity index (χ0n) is 15.8. The number of ether oxygens (including phenoxy) is 1. The number of nitrogens with zero attached hydrogens (tertiary/aromatic N) is 2. The van der Waals surface area contributed by atoms with E-state index >= 15 is 0 Å². The first-order valence-electron chi connectivity index (χ1n) is 9.38. The lowest BCUT2D eigenvalue weighted by Crippen LogP contribution is -2.54. The van der Waals surface area contributed by atoms with Crippen molar-refractivity contribution >= 4 is 20.9 Å². The van der Waals surface area contributed by atoms with E-state index < -0.39 is 16.1 Å². The maximum atomic E-state index is 11.9. The van der Waals surface area contributed by atoms with Crippen LogP contribution in [0.15, 0.2) is 41.9 Å². The van der Waals surface area contributed by atoms with E-state index in [9.17, 15) is 13.5 Å². The van der Waals surface area contributed by atoms with Gasteiger partial charge in [-0.25, -0.2) is 18.5 Å². The summed E-state index contributed by atoms with van der Waals surface area (Å²) in [5, 5.41) is 17.1. The highest BCUT2D eigenvalue weighted by Crippen LogP contribution is 2.42. The van der Waals surface area contributed by atoms with Gasteiger partial charge in [0.1, 0.15) is 5.75 Å². The van der Waals surface area contributed by atoms with E-state index in [1.54, 1.807) is 25.3 Å². The highest BCUT2D eigenvalue weighted by molar-refractivity contribution is 7.89. The lowest BCUT2D eigenvalue weighted by Gasteiger charge is -2.50. The number of rotatable bonds is 5. The summed E-state index contributed by atoms with van der Waals surface area (Å²) in [5.74, 6) is 1.54. The Bertz CT molecular complexity index is 1020. The molecule has 0 aliphatic carbocycles. The second kappa shape index (κ2) is 7.11. The predicted molar refractivity (Wildman–Crippen MR) is 106 cm³/mol. The van der Waals surface area contributed by atoms with Gasteiger partial charge in [0.2, 0.25) is 0 Å². The van der Waals surface area contributed by atoms with E-state index in [0.717, 1.165) is 25.9 Å². The number of primary sulfonamides is 1. The molecule has 4 heterocycles. The minimum atomic E-state index is -4.00. The van der Waals surface area contributed by atoms with Crippen LogP contribution in [0.1, 0.15) is 24.5 Å². The first-order chi connectivity index (χ1) is 13.3. The molecule has 5 atom stereocenters. The number of aromatic nitrogens is 1. The number of benzene rings is 1. The molecule has 5 rings (SSSR count). The Labute approximate surface area is 164 Å². The van der Waals surface area contributed by atoms with Crippen molar-refractivity contribution in [3.8, 4) is 5.75 Å². The molecule has 0 radical (unpaired) electrons. The van der Waals surface area contributed by atoms with Gasteiger partial charge in [-0.3, -0.25) is 4.90 Å². The number of pyridine rings is 1. The first-order valence-corrected chi connectivity index (χ1v) is 10.9. The van der Waals surface area contributed by atoms with Gasteiger partial charge in [0.15, 0.2) is 5.03 Å². The van der Waals surface area contributed by atoms with Crippen molar-refractivity contribution in [2.24, 2.45) is 17.0 Å². The van der Waals surface area contributed by atoms with E-state index in [2.05, 4.69) is 16.5 Å². The maximum Gasteiger partial charge on any atom is 0.255 e. The fourth-order valence-corrected chi connectivity index (χ4v) is 5.15. The summed E-state index contributed by atoms with van der Waals surface area (Å²) in [6, 6.07) is 6.48. The molecule has 2 aromatic rings. The second-order valence-electron chi connectivity index (χ2n) is 7.67. The lowest BCUT2D eigenvalue weighted by molar-refractivity contribution is -0.0445. The van der Waals surface area contributed by atoms with Crippen molar-refractivity contribution in [3.05, 3.63) is 42.5 Å². The van der Waals surface area contributed by atoms with Gasteiger partial charge < -0.3 is 9.84 Å². The molecular weight excluding hydrogens is 378 g/mol. The van der Waals surface area contributed by atoms with Gasteiger partial charge in [0, 0.05) is 18.0 Å². The number of hydrogen-bond donors (Lipinski definition) is 2. The normalized spacial score (nSPS) is 28.2. The fraction of sp³-hybridized carbons (Fsp3) is 0.450. The van der Waals surface area contributed by atoms with Crippen molar-refractivity contribution in [2.45, 2.75) is 30.0 Å². The minimum Gasteiger partial charge on any atom is -0.497 e. The van der Waals surface area contributed by atoms with Gasteiger partial charge in [0.25, 0.3) is 10.0 Å². The summed E-state index contributed by atoms with van der Waals surface area (Å²) in [4.78, 5) is 6.45. The Morgan fingerprint density at radius 2 is 2.21 bits per heavy atom. The largest absolute Gasteiger partial charge is 0.497 e. The lowest BCUT2D eigenvalue weighted by atomic mass is 9.73. The Kier molecular flexibility index (Phi) is 4.91. The number of sulfonamides is 1. The molecule has 1 aromatic heterocycles. The highest BCUT2D eigenvalue weighted by atomic mass is 32.2. The van der Waals surface area contributed by atoms with Crippen LogP contribution in [-0.4, -0.2) is 49.6 Å². The quantitative estimate of drug-likeness (QED) is 0.738. The molecule has 3 aliphatic heterocycles. The molecule has 0 amide bonds. The van der Waals surface area contributed by atoms with Gasteiger partial charge in [-0.2, -0.15) is 0 Å². The van der Waals surface area contributed by atoms with Crippen LogP contribution < -0.4 is 9.88 Å². The summed E-state index contributed by atoms with van der Waals surface area (Å²) in [6.45, 7) is 5.72.